The fourth-order valence-corrected chi connectivity index (χ4v) is 4.98. The van der Waals surface area contributed by atoms with Crippen molar-refractivity contribution in [3.63, 3.8) is 0 Å². The zero-order chi connectivity index (χ0) is 22.5. The van der Waals surface area contributed by atoms with Gasteiger partial charge in [0.15, 0.2) is 11.5 Å². The number of hydrogen-bond donors (Lipinski definition) is 1. The second-order valence-corrected chi connectivity index (χ2v) is 8.90. The summed E-state index contributed by atoms with van der Waals surface area (Å²) in [6.45, 7) is 2.86. The SMILES string of the molecule is CCCOc1ccc(CNC(=O)Cn2cnc3scc(-c4cccs4)c3c2=O)cc1OC. The van der Waals surface area contributed by atoms with E-state index in [1.54, 1.807) is 18.4 Å². The summed E-state index contributed by atoms with van der Waals surface area (Å²) in [6.07, 6.45) is 2.34. The fourth-order valence-electron chi connectivity index (χ4n) is 3.26. The highest BCUT2D eigenvalue weighted by Gasteiger charge is 2.15. The average molecular weight is 470 g/mol. The second-order valence-electron chi connectivity index (χ2n) is 7.09. The Hall–Kier alpha value is -3.17. The maximum atomic E-state index is 13.0. The van der Waals surface area contributed by atoms with Crippen molar-refractivity contribution < 1.29 is 14.3 Å². The predicted molar refractivity (Wildman–Crippen MR) is 128 cm³/mol. The highest BCUT2D eigenvalue weighted by molar-refractivity contribution is 7.18. The van der Waals surface area contributed by atoms with Crippen molar-refractivity contribution in [2.24, 2.45) is 0 Å². The monoisotopic (exact) mass is 469 g/mol. The third-order valence-corrected chi connectivity index (χ3v) is 6.63. The standard InChI is InChI=1S/C23H23N3O4S2/c1-3-8-30-17-7-6-15(10-18(17)29-2)11-24-20(27)12-26-14-25-22-21(23(26)28)16(13-32-22)19-5-4-9-31-19/h4-7,9-10,13-14H,3,8,11-12H2,1-2H3,(H,24,27). The molecule has 1 N–H and O–H groups in total. The maximum Gasteiger partial charge on any atom is 0.263 e. The molecule has 0 saturated heterocycles. The number of ether oxygens (including phenoxy) is 2. The molecular weight excluding hydrogens is 446 g/mol. The van der Waals surface area contributed by atoms with Gasteiger partial charge in [-0.15, -0.1) is 22.7 Å². The molecule has 0 unspecified atom stereocenters. The third-order valence-electron chi connectivity index (χ3n) is 4.84. The predicted octanol–water partition coefficient (Wildman–Crippen LogP) is 4.30. The van der Waals surface area contributed by atoms with Crippen LogP contribution >= 0.6 is 22.7 Å². The Morgan fingerprint density at radius 3 is 2.84 bits per heavy atom. The first-order chi connectivity index (χ1) is 15.6. The van der Waals surface area contributed by atoms with Crippen molar-refractivity contribution >= 4 is 38.8 Å². The second kappa shape index (κ2) is 9.97. The minimum absolute atomic E-state index is 0.101. The van der Waals surface area contributed by atoms with Crippen LogP contribution in [0.5, 0.6) is 11.5 Å². The number of hydrogen-bond acceptors (Lipinski definition) is 7. The molecule has 1 amide bonds. The maximum absolute atomic E-state index is 13.0. The topological polar surface area (TPSA) is 82.5 Å². The average Bonchev–Trinajstić information content (AvgIpc) is 3.48. The van der Waals surface area contributed by atoms with E-state index in [2.05, 4.69) is 10.3 Å². The van der Waals surface area contributed by atoms with Gasteiger partial charge in [0, 0.05) is 22.4 Å². The molecule has 4 rings (SSSR count). The summed E-state index contributed by atoms with van der Waals surface area (Å²) >= 11 is 3.00. The fraction of sp³-hybridized carbons (Fsp3) is 0.261. The molecule has 166 valence electrons. The van der Waals surface area contributed by atoms with Crippen LogP contribution in [0.15, 0.2) is 52.2 Å². The zero-order valence-corrected chi connectivity index (χ0v) is 19.4. The van der Waals surface area contributed by atoms with Gasteiger partial charge < -0.3 is 14.8 Å². The van der Waals surface area contributed by atoms with Gasteiger partial charge in [-0.05, 0) is 35.6 Å². The largest absolute Gasteiger partial charge is 0.493 e. The van der Waals surface area contributed by atoms with E-state index in [1.165, 1.54) is 22.2 Å². The molecule has 4 aromatic rings. The lowest BCUT2D eigenvalue weighted by molar-refractivity contribution is -0.121. The van der Waals surface area contributed by atoms with Crippen LogP contribution in [0.1, 0.15) is 18.9 Å². The van der Waals surface area contributed by atoms with Gasteiger partial charge in [-0.1, -0.05) is 19.1 Å². The molecule has 0 aliphatic carbocycles. The number of carbonyl (C=O) groups is 1. The number of fused-ring (bicyclic) bond motifs is 1. The van der Waals surface area contributed by atoms with E-state index in [4.69, 9.17) is 9.47 Å². The van der Waals surface area contributed by atoms with Gasteiger partial charge >= 0.3 is 0 Å². The van der Waals surface area contributed by atoms with Gasteiger partial charge in [-0.3, -0.25) is 14.2 Å². The van der Waals surface area contributed by atoms with Crippen LogP contribution in [-0.2, 0) is 17.9 Å². The Morgan fingerprint density at radius 2 is 2.09 bits per heavy atom. The van der Waals surface area contributed by atoms with Gasteiger partial charge in [-0.2, -0.15) is 0 Å². The van der Waals surface area contributed by atoms with Gasteiger partial charge in [0.25, 0.3) is 5.56 Å². The summed E-state index contributed by atoms with van der Waals surface area (Å²) in [5, 5.41) is 7.32. The molecule has 0 aliphatic rings. The van der Waals surface area contributed by atoms with E-state index in [1.807, 2.05) is 48.0 Å². The van der Waals surface area contributed by atoms with Crippen LogP contribution in [0.2, 0.25) is 0 Å². The summed E-state index contributed by atoms with van der Waals surface area (Å²) in [6, 6.07) is 9.47. The molecule has 0 fully saturated rings. The van der Waals surface area contributed by atoms with Gasteiger partial charge in [-0.25, -0.2) is 4.98 Å². The van der Waals surface area contributed by atoms with Crippen molar-refractivity contribution in [1.82, 2.24) is 14.9 Å². The summed E-state index contributed by atoms with van der Waals surface area (Å²) in [4.78, 5) is 31.6. The van der Waals surface area contributed by atoms with E-state index >= 15 is 0 Å². The zero-order valence-electron chi connectivity index (χ0n) is 17.8. The number of nitrogens with one attached hydrogen (secondary N) is 1. The number of rotatable bonds is 9. The summed E-state index contributed by atoms with van der Waals surface area (Å²) < 4.78 is 12.4. The highest BCUT2D eigenvalue weighted by Crippen LogP contribution is 2.33. The van der Waals surface area contributed by atoms with E-state index in [-0.39, 0.29) is 18.0 Å². The lowest BCUT2D eigenvalue weighted by atomic mass is 10.2. The summed E-state index contributed by atoms with van der Waals surface area (Å²) in [5.74, 6) is 1.02. The molecule has 3 aromatic heterocycles. The quantitative estimate of drug-likeness (QED) is 0.395. The first kappa shape index (κ1) is 22.0. The van der Waals surface area contributed by atoms with Crippen molar-refractivity contribution in [3.05, 3.63) is 63.3 Å². The molecule has 9 heteroatoms. The first-order valence-corrected chi connectivity index (χ1v) is 11.9. The number of aromatic nitrogens is 2. The smallest absolute Gasteiger partial charge is 0.263 e. The van der Waals surface area contributed by atoms with Crippen LogP contribution in [-0.4, -0.2) is 29.2 Å². The summed E-state index contributed by atoms with van der Waals surface area (Å²) in [7, 11) is 1.58. The normalized spacial score (nSPS) is 10.9. The number of carbonyl (C=O) groups excluding carboxylic acids is 1. The van der Waals surface area contributed by atoms with E-state index in [9.17, 15) is 9.59 Å². The van der Waals surface area contributed by atoms with E-state index in [0.717, 1.165) is 22.4 Å². The molecule has 0 saturated carbocycles. The van der Waals surface area contributed by atoms with Crippen molar-refractivity contribution in [3.8, 4) is 21.9 Å². The van der Waals surface area contributed by atoms with Crippen LogP contribution in [0.3, 0.4) is 0 Å². The van der Waals surface area contributed by atoms with Crippen LogP contribution in [0, 0.1) is 0 Å². The Balaban J connectivity index is 1.46. The van der Waals surface area contributed by atoms with Crippen LogP contribution in [0.4, 0.5) is 0 Å². The number of amides is 1. The molecule has 0 atom stereocenters. The van der Waals surface area contributed by atoms with Crippen molar-refractivity contribution in [1.29, 1.82) is 0 Å². The Labute approximate surface area is 193 Å². The Morgan fingerprint density at radius 1 is 1.22 bits per heavy atom. The molecule has 0 bridgehead atoms. The molecule has 0 spiro atoms. The minimum Gasteiger partial charge on any atom is -0.493 e. The number of benzene rings is 1. The van der Waals surface area contributed by atoms with Crippen molar-refractivity contribution in [2.45, 2.75) is 26.4 Å². The first-order valence-electron chi connectivity index (χ1n) is 10.2. The lowest BCUT2D eigenvalue weighted by Crippen LogP contribution is -2.32. The molecule has 3 heterocycles. The van der Waals surface area contributed by atoms with E-state index in [0.29, 0.717) is 34.9 Å². The number of thiophene rings is 2. The van der Waals surface area contributed by atoms with E-state index < -0.39 is 0 Å². The Bertz CT molecular complexity index is 1280. The molecule has 0 radical (unpaired) electrons. The number of nitrogens with zero attached hydrogens (tertiary/aromatic N) is 2. The molecular formula is C23H23N3O4S2. The van der Waals surface area contributed by atoms with Crippen LogP contribution in [0.25, 0.3) is 20.7 Å². The molecule has 0 aliphatic heterocycles. The van der Waals surface area contributed by atoms with Gasteiger partial charge in [0.2, 0.25) is 5.91 Å². The number of methoxy groups -OCH3 is 1. The van der Waals surface area contributed by atoms with Crippen molar-refractivity contribution in [2.75, 3.05) is 13.7 Å². The molecule has 32 heavy (non-hydrogen) atoms. The van der Waals surface area contributed by atoms with Gasteiger partial charge in [0.1, 0.15) is 11.4 Å². The summed E-state index contributed by atoms with van der Waals surface area (Å²) in [5.41, 5.74) is 1.52. The Kier molecular flexibility index (Phi) is 6.87. The highest BCUT2D eigenvalue weighted by atomic mass is 32.1. The van der Waals surface area contributed by atoms with Crippen LogP contribution < -0.4 is 20.3 Å². The minimum atomic E-state index is -0.272. The van der Waals surface area contributed by atoms with Gasteiger partial charge in [0.05, 0.1) is 25.4 Å². The third kappa shape index (κ3) is 4.68. The molecule has 7 nitrogen and oxygen atoms in total. The lowest BCUT2D eigenvalue weighted by Gasteiger charge is -2.12. The molecule has 1 aromatic carbocycles.